The Morgan fingerprint density at radius 1 is 1.11 bits per heavy atom. The summed E-state index contributed by atoms with van der Waals surface area (Å²) < 4.78 is 16.2. The summed E-state index contributed by atoms with van der Waals surface area (Å²) in [5.74, 6) is -0.282. The summed E-state index contributed by atoms with van der Waals surface area (Å²) in [6.07, 6.45) is 2.48. The Morgan fingerprint density at radius 2 is 1.78 bits per heavy atom. The third-order valence-electron chi connectivity index (χ3n) is 2.52. The van der Waals surface area contributed by atoms with E-state index in [9.17, 15) is 4.79 Å². The second-order valence-corrected chi connectivity index (χ2v) is 4.46. The van der Waals surface area contributed by atoms with Crippen LogP contribution in [0.3, 0.4) is 0 Å². The molecular formula is C14H28O4. The molecule has 0 heterocycles. The van der Waals surface area contributed by atoms with Crippen molar-refractivity contribution in [2.24, 2.45) is 5.92 Å². The average Bonchev–Trinajstić information content (AvgIpc) is 2.36. The molecule has 0 aromatic rings. The van der Waals surface area contributed by atoms with Gasteiger partial charge in [-0.05, 0) is 26.2 Å². The molecule has 4 heteroatoms. The Kier molecular flexibility index (Phi) is 11.1. The van der Waals surface area contributed by atoms with Crippen molar-refractivity contribution in [3.63, 3.8) is 0 Å². The van der Waals surface area contributed by atoms with Gasteiger partial charge in [-0.25, -0.2) is 0 Å². The maximum Gasteiger partial charge on any atom is 0.308 e. The highest BCUT2D eigenvalue weighted by Crippen LogP contribution is 2.12. The molecule has 0 saturated heterocycles. The van der Waals surface area contributed by atoms with Gasteiger partial charge in [0.1, 0.15) is 0 Å². The van der Waals surface area contributed by atoms with Gasteiger partial charge in [0, 0.05) is 13.2 Å². The van der Waals surface area contributed by atoms with Crippen LogP contribution in [0.5, 0.6) is 0 Å². The normalized spacial score (nSPS) is 14.2. The third-order valence-corrected chi connectivity index (χ3v) is 2.52. The third kappa shape index (κ3) is 8.48. The molecule has 0 bridgehead atoms. The highest BCUT2D eigenvalue weighted by atomic mass is 16.5. The van der Waals surface area contributed by atoms with Gasteiger partial charge in [-0.15, -0.1) is 0 Å². The van der Waals surface area contributed by atoms with Crippen molar-refractivity contribution >= 4 is 5.97 Å². The van der Waals surface area contributed by atoms with Crippen molar-refractivity contribution in [3.8, 4) is 0 Å². The van der Waals surface area contributed by atoms with Crippen LogP contribution in [0.2, 0.25) is 0 Å². The molecule has 0 spiro atoms. The largest absolute Gasteiger partial charge is 0.465 e. The first kappa shape index (κ1) is 17.4. The molecule has 0 amide bonds. The summed E-state index contributed by atoms with van der Waals surface area (Å²) >= 11 is 0. The smallest absolute Gasteiger partial charge is 0.308 e. The molecule has 0 radical (unpaired) electrons. The van der Waals surface area contributed by atoms with E-state index in [1.54, 1.807) is 0 Å². The number of carbonyl (C=O) groups is 1. The van der Waals surface area contributed by atoms with Crippen molar-refractivity contribution in [1.29, 1.82) is 0 Å². The SMILES string of the molecule is CCCOCC(CC(C)C(=O)OCCC)OCC. The fourth-order valence-corrected chi connectivity index (χ4v) is 1.61. The topological polar surface area (TPSA) is 44.8 Å². The zero-order valence-corrected chi connectivity index (χ0v) is 12.2. The molecule has 4 nitrogen and oxygen atoms in total. The van der Waals surface area contributed by atoms with E-state index in [0.29, 0.717) is 26.2 Å². The zero-order chi connectivity index (χ0) is 13.8. The predicted octanol–water partition coefficient (Wildman–Crippen LogP) is 2.80. The molecule has 0 rings (SSSR count). The molecule has 2 unspecified atom stereocenters. The summed E-state index contributed by atoms with van der Waals surface area (Å²) in [6, 6.07) is 0. The first-order chi connectivity index (χ1) is 8.65. The van der Waals surface area contributed by atoms with Crippen LogP contribution in [0.15, 0.2) is 0 Å². The number of esters is 1. The van der Waals surface area contributed by atoms with Gasteiger partial charge in [0.15, 0.2) is 0 Å². The lowest BCUT2D eigenvalue weighted by molar-refractivity contribution is -0.149. The van der Waals surface area contributed by atoms with E-state index < -0.39 is 0 Å². The Bertz CT molecular complexity index is 206. The van der Waals surface area contributed by atoms with Crippen molar-refractivity contribution in [1.82, 2.24) is 0 Å². The molecule has 0 fully saturated rings. The van der Waals surface area contributed by atoms with Crippen LogP contribution in [0.25, 0.3) is 0 Å². The Hall–Kier alpha value is -0.610. The second-order valence-electron chi connectivity index (χ2n) is 4.46. The van der Waals surface area contributed by atoms with Gasteiger partial charge in [0.2, 0.25) is 0 Å². The van der Waals surface area contributed by atoms with Crippen molar-refractivity contribution in [2.75, 3.05) is 26.4 Å². The molecule has 2 atom stereocenters. The van der Waals surface area contributed by atoms with E-state index in [-0.39, 0.29) is 18.0 Å². The molecule has 0 aromatic carbocycles. The van der Waals surface area contributed by atoms with Gasteiger partial charge in [-0.2, -0.15) is 0 Å². The molecular weight excluding hydrogens is 232 g/mol. The average molecular weight is 260 g/mol. The first-order valence-corrected chi connectivity index (χ1v) is 7.01. The summed E-state index contributed by atoms with van der Waals surface area (Å²) in [6.45, 7) is 10.3. The quantitative estimate of drug-likeness (QED) is 0.423. The van der Waals surface area contributed by atoms with E-state index >= 15 is 0 Å². The van der Waals surface area contributed by atoms with Gasteiger partial charge < -0.3 is 14.2 Å². The van der Waals surface area contributed by atoms with E-state index in [1.807, 2.05) is 20.8 Å². The molecule has 108 valence electrons. The minimum absolute atomic E-state index is 0.0225. The van der Waals surface area contributed by atoms with Crippen LogP contribution in [0, 0.1) is 5.92 Å². The van der Waals surface area contributed by atoms with E-state index in [1.165, 1.54) is 0 Å². The zero-order valence-electron chi connectivity index (χ0n) is 12.2. The number of carbonyl (C=O) groups excluding carboxylic acids is 1. The predicted molar refractivity (Wildman–Crippen MR) is 71.6 cm³/mol. The van der Waals surface area contributed by atoms with Gasteiger partial charge in [0.25, 0.3) is 0 Å². The standard InChI is InChI=1S/C14H28O4/c1-5-8-16-11-13(17-7-3)10-12(4)14(15)18-9-6-2/h12-13H,5-11H2,1-4H3. The van der Waals surface area contributed by atoms with Crippen molar-refractivity contribution in [3.05, 3.63) is 0 Å². The first-order valence-electron chi connectivity index (χ1n) is 7.01. The number of ether oxygens (including phenoxy) is 3. The maximum atomic E-state index is 11.7. The van der Waals surface area contributed by atoms with Gasteiger partial charge >= 0.3 is 5.97 Å². The minimum Gasteiger partial charge on any atom is -0.465 e. The number of hydrogen-bond donors (Lipinski definition) is 0. The summed E-state index contributed by atoms with van der Waals surface area (Å²) in [5.41, 5.74) is 0. The van der Waals surface area contributed by atoms with Crippen LogP contribution >= 0.6 is 0 Å². The summed E-state index contributed by atoms with van der Waals surface area (Å²) in [4.78, 5) is 11.7. The highest BCUT2D eigenvalue weighted by molar-refractivity contribution is 5.71. The van der Waals surface area contributed by atoms with Crippen LogP contribution in [0.1, 0.15) is 47.0 Å². The molecule has 0 aliphatic carbocycles. The van der Waals surface area contributed by atoms with Gasteiger partial charge in [-0.3, -0.25) is 4.79 Å². The molecule has 0 aliphatic heterocycles. The highest BCUT2D eigenvalue weighted by Gasteiger charge is 2.20. The molecule has 0 saturated carbocycles. The maximum absolute atomic E-state index is 11.7. The molecule has 0 aliphatic rings. The summed E-state index contributed by atoms with van der Waals surface area (Å²) in [7, 11) is 0. The van der Waals surface area contributed by atoms with E-state index in [2.05, 4.69) is 6.92 Å². The number of rotatable bonds is 11. The monoisotopic (exact) mass is 260 g/mol. The Morgan fingerprint density at radius 3 is 2.33 bits per heavy atom. The van der Waals surface area contributed by atoms with Crippen molar-refractivity contribution in [2.45, 2.75) is 53.1 Å². The lowest BCUT2D eigenvalue weighted by atomic mass is 10.0. The second kappa shape index (κ2) is 11.5. The van der Waals surface area contributed by atoms with Crippen LogP contribution in [-0.2, 0) is 19.0 Å². The van der Waals surface area contributed by atoms with Gasteiger partial charge in [0.05, 0.1) is 25.2 Å². The molecule has 18 heavy (non-hydrogen) atoms. The van der Waals surface area contributed by atoms with Crippen LogP contribution in [-0.4, -0.2) is 38.5 Å². The Balaban J connectivity index is 4.00. The van der Waals surface area contributed by atoms with Crippen LogP contribution < -0.4 is 0 Å². The van der Waals surface area contributed by atoms with E-state index in [0.717, 1.165) is 19.4 Å². The lowest BCUT2D eigenvalue weighted by Crippen LogP contribution is -2.27. The molecule has 0 N–H and O–H groups in total. The van der Waals surface area contributed by atoms with Crippen LogP contribution in [0.4, 0.5) is 0 Å². The Labute approximate surface area is 111 Å². The summed E-state index contributed by atoms with van der Waals surface area (Å²) in [5, 5.41) is 0. The molecule has 0 aromatic heterocycles. The minimum atomic E-state index is -0.142. The van der Waals surface area contributed by atoms with E-state index in [4.69, 9.17) is 14.2 Å². The lowest BCUT2D eigenvalue weighted by Gasteiger charge is -2.20. The van der Waals surface area contributed by atoms with Gasteiger partial charge in [-0.1, -0.05) is 20.8 Å². The number of hydrogen-bond acceptors (Lipinski definition) is 4. The fourth-order valence-electron chi connectivity index (χ4n) is 1.61. The fraction of sp³-hybridized carbons (Fsp3) is 0.929. The van der Waals surface area contributed by atoms with Crippen molar-refractivity contribution < 1.29 is 19.0 Å².